The van der Waals surface area contributed by atoms with E-state index in [9.17, 15) is 9.50 Å². The molecule has 2 aromatic carbocycles. The number of rotatable bonds is 11. The quantitative estimate of drug-likeness (QED) is 0.305. The van der Waals surface area contributed by atoms with Gasteiger partial charge in [0, 0.05) is 61.8 Å². The molecule has 0 spiro atoms. The van der Waals surface area contributed by atoms with E-state index in [1.807, 2.05) is 0 Å². The number of benzene rings is 2. The summed E-state index contributed by atoms with van der Waals surface area (Å²) in [5.74, 6) is 0.937. The van der Waals surface area contributed by atoms with Crippen LogP contribution in [0.5, 0.6) is 11.5 Å². The molecule has 1 fully saturated rings. The zero-order valence-corrected chi connectivity index (χ0v) is 23.0. The van der Waals surface area contributed by atoms with Crippen molar-refractivity contribution in [3.05, 3.63) is 46.9 Å². The van der Waals surface area contributed by atoms with E-state index in [1.165, 1.54) is 19.5 Å². The van der Waals surface area contributed by atoms with Gasteiger partial charge in [-0.25, -0.2) is 14.4 Å². The number of methoxy groups -OCH3 is 1. The van der Waals surface area contributed by atoms with Crippen molar-refractivity contribution in [1.29, 1.82) is 0 Å². The Labute approximate surface area is 230 Å². The van der Waals surface area contributed by atoms with Crippen LogP contribution in [0, 0.1) is 5.82 Å². The molecular formula is C25H32BrClFN5O4. The Morgan fingerprint density at radius 3 is 2.57 bits per heavy atom. The molecule has 1 saturated heterocycles. The van der Waals surface area contributed by atoms with Gasteiger partial charge in [-0.05, 0) is 30.7 Å². The lowest BCUT2D eigenvalue weighted by Crippen LogP contribution is -2.49. The Morgan fingerprint density at radius 2 is 1.86 bits per heavy atom. The average Bonchev–Trinajstić information content (AvgIpc) is 2.88. The highest BCUT2D eigenvalue weighted by molar-refractivity contribution is 9.10. The molecular weight excluding hydrogens is 569 g/mol. The number of nitrogens with zero attached hydrogens (tertiary/aromatic N) is 4. The molecule has 1 aliphatic rings. The number of anilines is 2. The van der Waals surface area contributed by atoms with E-state index in [1.54, 1.807) is 24.3 Å². The Morgan fingerprint density at radius 1 is 1.11 bits per heavy atom. The maximum atomic E-state index is 14.3. The van der Waals surface area contributed by atoms with Crippen molar-refractivity contribution >= 4 is 50.7 Å². The maximum absolute atomic E-state index is 14.3. The third kappa shape index (κ3) is 7.86. The summed E-state index contributed by atoms with van der Waals surface area (Å²) < 4.78 is 26.4. The second-order valence-electron chi connectivity index (χ2n) is 8.68. The summed E-state index contributed by atoms with van der Waals surface area (Å²) in [4.78, 5) is 13.1. The molecule has 4 rings (SSSR count). The first-order valence-corrected chi connectivity index (χ1v) is 12.7. The number of piperazine rings is 1. The lowest BCUT2D eigenvalue weighted by molar-refractivity contribution is 0.0445. The van der Waals surface area contributed by atoms with Gasteiger partial charge >= 0.3 is 0 Å². The standard InChI is InChI=1S/C25H31BrFN5O4.ClH/c1-35-23-12-19-22(28-16-29-25(19)30-21-4-3-17(26)11-20(21)27)13-24(23)36-15-18(34)14-32-8-6-31(7-9-32)5-2-10-33;/h3-4,11-13,16,18,33-34H,2,5-10,14-15H2,1H3,(H,28,29,30);1H. The second-order valence-corrected chi connectivity index (χ2v) is 9.59. The van der Waals surface area contributed by atoms with Crippen molar-refractivity contribution in [2.45, 2.75) is 12.5 Å². The normalized spacial score (nSPS) is 15.3. The smallest absolute Gasteiger partial charge is 0.163 e. The molecule has 0 radical (unpaired) electrons. The van der Waals surface area contributed by atoms with Gasteiger partial charge in [0.25, 0.3) is 0 Å². The van der Waals surface area contributed by atoms with Crippen molar-refractivity contribution in [2.24, 2.45) is 0 Å². The van der Waals surface area contributed by atoms with Gasteiger partial charge in [-0.1, -0.05) is 15.9 Å². The van der Waals surface area contributed by atoms with Crippen molar-refractivity contribution in [1.82, 2.24) is 19.8 Å². The summed E-state index contributed by atoms with van der Waals surface area (Å²) in [6.07, 6.45) is 1.51. The number of halogens is 3. The second kappa shape index (κ2) is 14.0. The van der Waals surface area contributed by atoms with Crippen LogP contribution < -0.4 is 14.8 Å². The number of hydrogen-bond acceptors (Lipinski definition) is 9. The molecule has 9 nitrogen and oxygen atoms in total. The van der Waals surface area contributed by atoms with Crippen LogP contribution in [-0.4, -0.2) is 95.7 Å². The molecule has 0 amide bonds. The van der Waals surface area contributed by atoms with Crippen LogP contribution in [-0.2, 0) is 0 Å². The minimum Gasteiger partial charge on any atom is -0.493 e. The zero-order chi connectivity index (χ0) is 25.5. The number of hydrogen-bond donors (Lipinski definition) is 3. The van der Waals surface area contributed by atoms with Gasteiger partial charge in [0.2, 0.25) is 0 Å². The summed E-state index contributed by atoms with van der Waals surface area (Å²) >= 11 is 3.26. The van der Waals surface area contributed by atoms with Gasteiger partial charge in [0.15, 0.2) is 11.5 Å². The van der Waals surface area contributed by atoms with Crippen LogP contribution >= 0.6 is 28.3 Å². The molecule has 37 heavy (non-hydrogen) atoms. The minimum absolute atomic E-state index is 0. The predicted molar refractivity (Wildman–Crippen MR) is 147 cm³/mol. The van der Waals surface area contributed by atoms with Crippen LogP contribution in [0.4, 0.5) is 15.9 Å². The zero-order valence-electron chi connectivity index (χ0n) is 20.6. The fourth-order valence-electron chi connectivity index (χ4n) is 4.18. The molecule has 12 heteroatoms. The highest BCUT2D eigenvalue weighted by atomic mass is 79.9. The monoisotopic (exact) mass is 599 g/mol. The number of aliphatic hydroxyl groups is 2. The molecule has 0 bridgehead atoms. The lowest BCUT2D eigenvalue weighted by atomic mass is 10.2. The maximum Gasteiger partial charge on any atom is 0.163 e. The van der Waals surface area contributed by atoms with E-state index < -0.39 is 11.9 Å². The number of nitrogens with one attached hydrogen (secondary N) is 1. The first-order chi connectivity index (χ1) is 17.5. The van der Waals surface area contributed by atoms with E-state index in [4.69, 9.17) is 14.6 Å². The van der Waals surface area contributed by atoms with Crippen molar-refractivity contribution in [3.63, 3.8) is 0 Å². The largest absolute Gasteiger partial charge is 0.493 e. The Bertz CT molecular complexity index is 1170. The Balaban J connectivity index is 0.00000380. The number of aliphatic hydroxyl groups excluding tert-OH is 2. The first kappa shape index (κ1) is 29.3. The summed E-state index contributed by atoms with van der Waals surface area (Å²) in [7, 11) is 1.53. The fourth-order valence-corrected chi connectivity index (χ4v) is 4.51. The molecule has 1 aromatic heterocycles. The summed E-state index contributed by atoms with van der Waals surface area (Å²) in [6, 6.07) is 8.20. The number of aromatic nitrogens is 2. The van der Waals surface area contributed by atoms with Gasteiger partial charge < -0.3 is 29.9 Å². The molecule has 202 valence electrons. The topological polar surface area (TPSA) is 103 Å². The first-order valence-electron chi connectivity index (χ1n) is 11.9. The summed E-state index contributed by atoms with van der Waals surface area (Å²) in [5, 5.41) is 23.2. The minimum atomic E-state index is -0.669. The fraction of sp³-hybridized carbons (Fsp3) is 0.440. The molecule has 3 aromatic rings. The summed E-state index contributed by atoms with van der Waals surface area (Å²) in [6.45, 7) is 5.31. The van der Waals surface area contributed by atoms with Gasteiger partial charge in [0.1, 0.15) is 30.7 Å². The average molecular weight is 601 g/mol. The van der Waals surface area contributed by atoms with Gasteiger partial charge in [-0.2, -0.15) is 0 Å². The predicted octanol–water partition coefficient (Wildman–Crippen LogP) is 3.45. The lowest BCUT2D eigenvalue weighted by Gasteiger charge is -2.35. The molecule has 1 aliphatic heterocycles. The SMILES string of the molecule is COc1cc2c(Nc3ccc(Br)cc3F)ncnc2cc1OCC(O)CN1CCN(CCCO)CC1.Cl. The van der Waals surface area contributed by atoms with Crippen LogP contribution in [0.2, 0.25) is 0 Å². The van der Waals surface area contributed by atoms with Gasteiger partial charge in [-0.3, -0.25) is 4.90 Å². The molecule has 2 heterocycles. The molecule has 3 N–H and O–H groups in total. The van der Waals surface area contributed by atoms with Crippen LogP contribution in [0.15, 0.2) is 41.1 Å². The van der Waals surface area contributed by atoms with Crippen molar-refractivity contribution in [3.8, 4) is 11.5 Å². The van der Waals surface area contributed by atoms with E-state index in [-0.39, 0.29) is 31.3 Å². The third-order valence-corrected chi connectivity index (χ3v) is 6.60. The number of β-amino-alcohol motifs (C(OH)–C–C–N with tert-alkyl or cyclic N) is 1. The number of ether oxygens (including phenoxy) is 2. The molecule has 0 saturated carbocycles. The van der Waals surface area contributed by atoms with E-state index in [0.717, 1.165) is 39.1 Å². The van der Waals surface area contributed by atoms with Crippen LogP contribution in [0.1, 0.15) is 6.42 Å². The van der Waals surface area contributed by atoms with E-state index in [0.29, 0.717) is 39.2 Å². The third-order valence-electron chi connectivity index (χ3n) is 6.10. The highest BCUT2D eigenvalue weighted by Crippen LogP contribution is 2.35. The van der Waals surface area contributed by atoms with Crippen molar-refractivity contribution in [2.75, 3.05) is 64.9 Å². The molecule has 1 atom stereocenters. The summed E-state index contributed by atoms with van der Waals surface area (Å²) in [5.41, 5.74) is 0.879. The van der Waals surface area contributed by atoms with Gasteiger partial charge in [-0.15, -0.1) is 12.4 Å². The van der Waals surface area contributed by atoms with E-state index in [2.05, 4.69) is 41.0 Å². The Hall–Kier alpha value is -2.28. The Kier molecular flexibility index (Phi) is 11.1. The molecule has 0 aliphatic carbocycles. The van der Waals surface area contributed by atoms with Crippen LogP contribution in [0.25, 0.3) is 10.9 Å². The number of fused-ring (bicyclic) bond motifs is 1. The van der Waals surface area contributed by atoms with Gasteiger partial charge in [0.05, 0.1) is 18.3 Å². The van der Waals surface area contributed by atoms with Crippen LogP contribution in [0.3, 0.4) is 0 Å². The molecule has 1 unspecified atom stereocenters. The highest BCUT2D eigenvalue weighted by Gasteiger charge is 2.20. The van der Waals surface area contributed by atoms with E-state index >= 15 is 0 Å². The van der Waals surface area contributed by atoms with Crippen molar-refractivity contribution < 1.29 is 24.1 Å².